The van der Waals surface area contributed by atoms with Gasteiger partial charge in [-0.15, -0.1) is 0 Å². The molecule has 4 aromatic rings. The molecular formula is C23H21N5O2. The molecule has 4 heterocycles. The maximum atomic E-state index is 13.0. The average Bonchev–Trinajstić information content (AvgIpc) is 3.49. The van der Waals surface area contributed by atoms with Crippen molar-refractivity contribution >= 4 is 5.91 Å². The number of carbonyl (C=O) groups is 1. The van der Waals surface area contributed by atoms with E-state index in [9.17, 15) is 4.79 Å². The normalized spacial score (nSPS) is 13.2. The molecule has 0 spiro atoms. The lowest BCUT2D eigenvalue weighted by atomic mass is 10.1. The summed E-state index contributed by atoms with van der Waals surface area (Å²) in [6.45, 7) is 1.19. The van der Waals surface area contributed by atoms with Crippen LogP contribution >= 0.6 is 0 Å². The van der Waals surface area contributed by atoms with Gasteiger partial charge in [-0.1, -0.05) is 0 Å². The molecule has 1 aliphatic heterocycles. The topological polar surface area (TPSA) is 65.2 Å². The minimum Gasteiger partial charge on any atom is -0.497 e. The summed E-state index contributed by atoms with van der Waals surface area (Å²) in [4.78, 5) is 19.3. The van der Waals surface area contributed by atoms with E-state index >= 15 is 0 Å². The number of hydrogen-bond donors (Lipinski definition) is 0. The first-order valence-electron chi connectivity index (χ1n) is 9.82. The number of carbonyl (C=O) groups excluding carboxylic acids is 1. The number of hydrogen-bond acceptors (Lipinski definition) is 4. The van der Waals surface area contributed by atoms with Crippen molar-refractivity contribution in [1.82, 2.24) is 24.2 Å². The average molecular weight is 399 g/mol. The summed E-state index contributed by atoms with van der Waals surface area (Å²) < 4.78 is 9.09. The summed E-state index contributed by atoms with van der Waals surface area (Å²) in [6.07, 6.45) is 8.11. The van der Waals surface area contributed by atoms with E-state index in [1.165, 1.54) is 0 Å². The molecule has 7 heteroatoms. The molecule has 150 valence electrons. The molecule has 0 aliphatic carbocycles. The van der Waals surface area contributed by atoms with Gasteiger partial charge in [0.05, 0.1) is 30.3 Å². The Morgan fingerprint density at radius 2 is 1.83 bits per heavy atom. The lowest BCUT2D eigenvalue weighted by Gasteiger charge is -2.27. The van der Waals surface area contributed by atoms with Crippen molar-refractivity contribution in [3.8, 4) is 17.3 Å². The number of fused-ring (bicyclic) bond motifs is 1. The minimum absolute atomic E-state index is 0.00981. The molecule has 0 bridgehead atoms. The third-order valence-corrected chi connectivity index (χ3v) is 5.40. The molecule has 1 amide bonds. The zero-order valence-electron chi connectivity index (χ0n) is 16.6. The van der Waals surface area contributed by atoms with Gasteiger partial charge >= 0.3 is 0 Å². The van der Waals surface area contributed by atoms with E-state index in [2.05, 4.69) is 10.1 Å². The number of aromatic nitrogens is 4. The summed E-state index contributed by atoms with van der Waals surface area (Å²) >= 11 is 0. The zero-order valence-corrected chi connectivity index (χ0v) is 16.6. The van der Waals surface area contributed by atoms with Gasteiger partial charge in [-0.05, 0) is 48.5 Å². The molecule has 5 rings (SSSR count). The molecule has 0 fully saturated rings. The SMILES string of the molecule is COc1ccc(-n2ncc3c2CCN(C(=O)c2ccc(-n4cccc4)nc2)C3)cc1. The van der Waals surface area contributed by atoms with Gasteiger partial charge in [0.2, 0.25) is 0 Å². The van der Waals surface area contributed by atoms with E-state index in [1.807, 2.05) is 81.3 Å². The number of nitrogens with zero attached hydrogens (tertiary/aromatic N) is 5. The maximum Gasteiger partial charge on any atom is 0.255 e. The van der Waals surface area contributed by atoms with E-state index in [-0.39, 0.29) is 5.91 Å². The second-order valence-corrected chi connectivity index (χ2v) is 7.20. The standard InChI is InChI=1S/C23H21N5O2/c1-30-20-7-5-19(6-8-20)28-21-10-13-27(16-18(21)15-25-28)23(29)17-4-9-22(24-14-17)26-11-2-3-12-26/h2-9,11-12,14-15H,10,13,16H2,1H3. The number of pyridine rings is 1. The Bertz CT molecular complexity index is 1160. The summed E-state index contributed by atoms with van der Waals surface area (Å²) in [5.41, 5.74) is 3.80. The van der Waals surface area contributed by atoms with Crippen LogP contribution in [0.1, 0.15) is 21.6 Å². The van der Waals surface area contributed by atoms with Crippen LogP contribution in [0, 0.1) is 0 Å². The van der Waals surface area contributed by atoms with Crippen LogP contribution < -0.4 is 4.74 Å². The van der Waals surface area contributed by atoms with Crippen LogP contribution in [0.25, 0.3) is 11.5 Å². The highest BCUT2D eigenvalue weighted by Gasteiger charge is 2.25. The van der Waals surface area contributed by atoms with Gasteiger partial charge in [-0.25, -0.2) is 9.67 Å². The van der Waals surface area contributed by atoms with Crippen molar-refractivity contribution < 1.29 is 9.53 Å². The van der Waals surface area contributed by atoms with Gasteiger partial charge < -0.3 is 14.2 Å². The molecule has 0 atom stereocenters. The van der Waals surface area contributed by atoms with Crippen LogP contribution in [0.4, 0.5) is 0 Å². The first-order valence-corrected chi connectivity index (χ1v) is 9.82. The molecule has 0 unspecified atom stereocenters. The first kappa shape index (κ1) is 18.2. The monoisotopic (exact) mass is 399 g/mol. The Labute approximate surface area is 174 Å². The van der Waals surface area contributed by atoms with E-state index in [0.29, 0.717) is 18.7 Å². The fourth-order valence-electron chi connectivity index (χ4n) is 3.79. The van der Waals surface area contributed by atoms with Crippen molar-refractivity contribution in [2.45, 2.75) is 13.0 Å². The highest BCUT2D eigenvalue weighted by atomic mass is 16.5. The van der Waals surface area contributed by atoms with E-state index in [4.69, 9.17) is 4.74 Å². The lowest BCUT2D eigenvalue weighted by Crippen LogP contribution is -2.36. The predicted octanol–water partition coefficient (Wildman–Crippen LogP) is 3.27. The summed E-state index contributed by atoms with van der Waals surface area (Å²) in [6, 6.07) is 15.4. The highest BCUT2D eigenvalue weighted by Crippen LogP contribution is 2.24. The fourth-order valence-corrected chi connectivity index (χ4v) is 3.79. The lowest BCUT2D eigenvalue weighted by molar-refractivity contribution is 0.0733. The van der Waals surface area contributed by atoms with E-state index < -0.39 is 0 Å². The van der Waals surface area contributed by atoms with Gasteiger partial charge in [0.25, 0.3) is 5.91 Å². The molecule has 0 saturated carbocycles. The van der Waals surface area contributed by atoms with Crippen LogP contribution in [-0.4, -0.2) is 43.8 Å². The fraction of sp³-hybridized carbons (Fsp3) is 0.174. The van der Waals surface area contributed by atoms with Crippen molar-refractivity contribution in [3.63, 3.8) is 0 Å². The summed E-state index contributed by atoms with van der Waals surface area (Å²) in [7, 11) is 1.65. The number of methoxy groups -OCH3 is 1. The third-order valence-electron chi connectivity index (χ3n) is 5.40. The molecular weight excluding hydrogens is 378 g/mol. The smallest absolute Gasteiger partial charge is 0.255 e. The largest absolute Gasteiger partial charge is 0.497 e. The molecule has 0 N–H and O–H groups in total. The van der Waals surface area contributed by atoms with Gasteiger partial charge in [0.1, 0.15) is 11.6 Å². The molecule has 1 aromatic carbocycles. The molecule has 0 radical (unpaired) electrons. The quantitative estimate of drug-likeness (QED) is 0.528. The Balaban J connectivity index is 1.33. The summed E-state index contributed by atoms with van der Waals surface area (Å²) in [5.74, 6) is 1.59. The Morgan fingerprint density at radius 3 is 2.53 bits per heavy atom. The van der Waals surface area contributed by atoms with Crippen molar-refractivity contribution in [3.05, 3.63) is 90.1 Å². The van der Waals surface area contributed by atoms with Crippen LogP contribution in [0.2, 0.25) is 0 Å². The number of ether oxygens (including phenoxy) is 1. The van der Waals surface area contributed by atoms with Crippen molar-refractivity contribution in [2.75, 3.05) is 13.7 Å². The Kier molecular flexibility index (Phi) is 4.55. The second kappa shape index (κ2) is 7.51. The van der Waals surface area contributed by atoms with Crippen LogP contribution in [0.5, 0.6) is 5.75 Å². The van der Waals surface area contributed by atoms with Gasteiger partial charge in [0.15, 0.2) is 0 Å². The molecule has 1 aliphatic rings. The Morgan fingerprint density at radius 1 is 1.03 bits per heavy atom. The van der Waals surface area contributed by atoms with E-state index in [1.54, 1.807) is 13.3 Å². The number of amides is 1. The second-order valence-electron chi connectivity index (χ2n) is 7.20. The molecule has 30 heavy (non-hydrogen) atoms. The van der Waals surface area contributed by atoms with Crippen LogP contribution in [0.15, 0.2) is 73.3 Å². The predicted molar refractivity (Wildman–Crippen MR) is 112 cm³/mol. The third kappa shape index (κ3) is 3.24. The minimum atomic E-state index is -0.00981. The van der Waals surface area contributed by atoms with Crippen molar-refractivity contribution in [2.24, 2.45) is 0 Å². The molecule has 3 aromatic heterocycles. The van der Waals surface area contributed by atoms with Gasteiger partial charge in [-0.3, -0.25) is 4.79 Å². The number of rotatable bonds is 4. The highest BCUT2D eigenvalue weighted by molar-refractivity contribution is 5.94. The van der Waals surface area contributed by atoms with Crippen LogP contribution in [0.3, 0.4) is 0 Å². The molecule has 7 nitrogen and oxygen atoms in total. The van der Waals surface area contributed by atoms with Crippen molar-refractivity contribution in [1.29, 1.82) is 0 Å². The van der Waals surface area contributed by atoms with E-state index in [0.717, 1.165) is 34.9 Å². The summed E-state index contributed by atoms with van der Waals surface area (Å²) in [5, 5.41) is 4.55. The Hall–Kier alpha value is -3.87. The maximum absolute atomic E-state index is 13.0. The van der Waals surface area contributed by atoms with Crippen LogP contribution in [-0.2, 0) is 13.0 Å². The van der Waals surface area contributed by atoms with Gasteiger partial charge in [0, 0.05) is 43.7 Å². The molecule has 0 saturated heterocycles. The van der Waals surface area contributed by atoms with Gasteiger partial charge in [-0.2, -0.15) is 5.10 Å². The zero-order chi connectivity index (χ0) is 20.5. The number of benzene rings is 1. The first-order chi connectivity index (χ1) is 14.7.